The largest absolute Gasteiger partial charge is 0.455 e. The Morgan fingerprint density at radius 2 is 1.84 bits per heavy atom. The molecule has 0 radical (unpaired) electrons. The molecule has 268 valence electrons. The number of fused-ring (bicyclic) bond motifs is 1. The summed E-state index contributed by atoms with van der Waals surface area (Å²) in [7, 11) is 0. The number of allylic oxidation sites excluding steroid dienone is 1. The Morgan fingerprint density at radius 1 is 1.12 bits per heavy atom. The van der Waals surface area contributed by atoms with Crippen LogP contribution in [0.25, 0.3) is 0 Å². The van der Waals surface area contributed by atoms with Crippen LogP contribution < -0.4 is 10.2 Å². The standard InChI is InChI=1S/C40H51N3O7/c1-8-10-16-32(45)41-27(7)35(28-14-12-11-13-15-28)49-39(48)33-31-19-20-40(50-31)34(33)37(46)43(30(23-44)24(3)4)36(40)38(47)42(21-9-2)29-22-25(5)17-18-26(29)6/h8-9,11-15,17-18,22,24,27,30-31,33-36,44H,1-2,10,16,19-21,23H2,3-7H3,(H,41,45)/t27-,30+,31+,33-,34-,35-,36+,40-/m1/s1. The van der Waals surface area contributed by atoms with Crippen LogP contribution in [-0.2, 0) is 28.7 Å². The van der Waals surface area contributed by atoms with E-state index in [1.165, 1.54) is 4.90 Å². The number of amides is 3. The number of nitrogens with one attached hydrogen (secondary N) is 1. The average molecular weight is 686 g/mol. The van der Waals surface area contributed by atoms with Gasteiger partial charge in [0.2, 0.25) is 11.8 Å². The maximum Gasteiger partial charge on any atom is 0.313 e. The minimum absolute atomic E-state index is 0.192. The van der Waals surface area contributed by atoms with Gasteiger partial charge in [-0.05, 0) is 68.7 Å². The summed E-state index contributed by atoms with van der Waals surface area (Å²) in [5.41, 5.74) is 1.95. The number of hydrogen-bond donors (Lipinski definition) is 2. The Kier molecular flexibility index (Phi) is 11.3. The van der Waals surface area contributed by atoms with E-state index < -0.39 is 59.6 Å². The number of anilines is 1. The van der Waals surface area contributed by atoms with Crippen molar-refractivity contribution in [2.75, 3.05) is 18.1 Å². The second kappa shape index (κ2) is 15.3. The van der Waals surface area contributed by atoms with Gasteiger partial charge in [-0.15, -0.1) is 13.2 Å². The Balaban J connectivity index is 1.53. The summed E-state index contributed by atoms with van der Waals surface area (Å²) in [4.78, 5) is 60.0. The Morgan fingerprint density at radius 3 is 2.48 bits per heavy atom. The van der Waals surface area contributed by atoms with Crippen LogP contribution in [0.5, 0.6) is 0 Å². The maximum atomic E-state index is 15.0. The third kappa shape index (κ3) is 6.75. The summed E-state index contributed by atoms with van der Waals surface area (Å²) < 4.78 is 13.0. The lowest BCUT2D eigenvalue weighted by atomic mass is 9.70. The molecule has 2 N–H and O–H groups in total. The Hall–Kier alpha value is -4.28. The second-order valence-electron chi connectivity index (χ2n) is 14.3. The van der Waals surface area contributed by atoms with Crippen LogP contribution in [-0.4, -0.2) is 76.7 Å². The molecule has 8 atom stereocenters. The first kappa shape index (κ1) is 37.0. The number of esters is 1. The molecule has 0 unspecified atom stereocenters. The number of carbonyl (C=O) groups excluding carboxylic acids is 4. The van der Waals surface area contributed by atoms with Crippen LogP contribution in [0.4, 0.5) is 5.69 Å². The summed E-state index contributed by atoms with van der Waals surface area (Å²) in [6, 6.07) is 12.7. The molecule has 3 heterocycles. The van der Waals surface area contributed by atoms with Gasteiger partial charge in [0.05, 0.1) is 36.6 Å². The van der Waals surface area contributed by atoms with E-state index in [1.807, 2.05) is 76.2 Å². The summed E-state index contributed by atoms with van der Waals surface area (Å²) >= 11 is 0. The molecule has 2 aromatic carbocycles. The van der Waals surface area contributed by atoms with Gasteiger partial charge in [-0.25, -0.2) is 0 Å². The summed E-state index contributed by atoms with van der Waals surface area (Å²) in [6.07, 6.45) is 3.46. The fourth-order valence-electron chi connectivity index (χ4n) is 8.15. The van der Waals surface area contributed by atoms with Gasteiger partial charge in [-0.3, -0.25) is 19.2 Å². The van der Waals surface area contributed by atoms with Gasteiger partial charge in [0.25, 0.3) is 5.91 Å². The van der Waals surface area contributed by atoms with Gasteiger partial charge in [0.15, 0.2) is 0 Å². The number of aliphatic hydroxyl groups excluding tert-OH is 1. The van der Waals surface area contributed by atoms with Crippen molar-refractivity contribution in [2.45, 2.75) is 96.2 Å². The molecule has 0 aliphatic carbocycles. The number of benzene rings is 2. The highest BCUT2D eigenvalue weighted by Gasteiger charge is 2.76. The topological polar surface area (TPSA) is 125 Å². The molecule has 3 aliphatic heterocycles. The predicted octanol–water partition coefficient (Wildman–Crippen LogP) is 4.97. The van der Waals surface area contributed by atoms with Crippen LogP contribution in [0.15, 0.2) is 73.8 Å². The number of aliphatic hydroxyl groups is 1. The quantitative estimate of drug-likeness (QED) is 0.200. The van der Waals surface area contributed by atoms with E-state index in [0.29, 0.717) is 30.5 Å². The maximum absolute atomic E-state index is 15.0. The summed E-state index contributed by atoms with van der Waals surface area (Å²) in [6.45, 7) is 16.9. The highest BCUT2D eigenvalue weighted by molar-refractivity contribution is 6.05. The zero-order valence-corrected chi connectivity index (χ0v) is 29.8. The molecular formula is C40H51N3O7. The fourth-order valence-corrected chi connectivity index (χ4v) is 8.15. The van der Waals surface area contributed by atoms with E-state index in [4.69, 9.17) is 9.47 Å². The molecule has 1 spiro atoms. The molecule has 3 fully saturated rings. The molecule has 10 nitrogen and oxygen atoms in total. The first-order valence-electron chi connectivity index (χ1n) is 17.7. The first-order chi connectivity index (χ1) is 23.9. The van der Waals surface area contributed by atoms with E-state index in [2.05, 4.69) is 18.5 Å². The number of ether oxygens (including phenoxy) is 2. The molecule has 0 saturated carbocycles. The van der Waals surface area contributed by atoms with Gasteiger partial charge < -0.3 is 29.7 Å². The highest BCUT2D eigenvalue weighted by atomic mass is 16.6. The smallest absolute Gasteiger partial charge is 0.313 e. The van der Waals surface area contributed by atoms with Crippen molar-refractivity contribution in [1.29, 1.82) is 0 Å². The lowest BCUT2D eigenvalue weighted by Gasteiger charge is -2.40. The lowest BCUT2D eigenvalue weighted by Crippen LogP contribution is -2.60. The van der Waals surface area contributed by atoms with E-state index in [1.54, 1.807) is 24.0 Å². The normalized spacial score (nSPS) is 25.5. The van der Waals surface area contributed by atoms with E-state index >= 15 is 0 Å². The second-order valence-corrected chi connectivity index (χ2v) is 14.3. The number of aryl methyl sites for hydroxylation is 2. The van der Waals surface area contributed by atoms with Crippen molar-refractivity contribution < 1.29 is 33.8 Å². The first-order valence-corrected chi connectivity index (χ1v) is 17.7. The van der Waals surface area contributed by atoms with Crippen molar-refractivity contribution in [2.24, 2.45) is 17.8 Å². The van der Waals surface area contributed by atoms with Crippen LogP contribution in [0.1, 0.15) is 69.2 Å². The average Bonchev–Trinajstić information content (AvgIpc) is 3.74. The van der Waals surface area contributed by atoms with Crippen LogP contribution in [0, 0.1) is 31.6 Å². The van der Waals surface area contributed by atoms with Crippen molar-refractivity contribution in [3.8, 4) is 0 Å². The molecular weight excluding hydrogens is 634 g/mol. The number of carbonyl (C=O) groups is 4. The molecule has 5 rings (SSSR count). The van der Waals surface area contributed by atoms with Gasteiger partial charge in [-0.1, -0.05) is 68.5 Å². The van der Waals surface area contributed by atoms with Crippen molar-refractivity contribution in [3.05, 3.63) is 90.5 Å². The molecule has 10 heteroatoms. The van der Waals surface area contributed by atoms with Crippen molar-refractivity contribution in [1.82, 2.24) is 10.2 Å². The Bertz CT molecular complexity index is 1610. The zero-order chi connectivity index (χ0) is 36.3. The SMILES string of the molecule is C=CCCC(=O)N[C@H](C)[C@@H](OC(=O)[C@@H]1[C@@H]2CC[C@]3(O2)[C@H](C(=O)N(CC=C)c2cc(C)ccc2C)N([C@@H](CO)C(C)C)C(=O)[C@@H]13)c1ccccc1. The van der Waals surface area contributed by atoms with Crippen LogP contribution in [0.2, 0.25) is 0 Å². The minimum Gasteiger partial charge on any atom is -0.455 e. The zero-order valence-electron chi connectivity index (χ0n) is 29.8. The molecule has 0 aromatic heterocycles. The Labute approximate surface area is 295 Å². The van der Waals surface area contributed by atoms with Gasteiger partial charge in [0.1, 0.15) is 17.7 Å². The molecule has 3 saturated heterocycles. The predicted molar refractivity (Wildman–Crippen MR) is 191 cm³/mol. The van der Waals surface area contributed by atoms with E-state index in [9.17, 15) is 24.3 Å². The third-order valence-corrected chi connectivity index (χ3v) is 10.6. The van der Waals surface area contributed by atoms with Crippen molar-refractivity contribution >= 4 is 29.4 Å². The minimum atomic E-state index is -1.30. The molecule has 2 aromatic rings. The van der Waals surface area contributed by atoms with Gasteiger partial charge >= 0.3 is 5.97 Å². The lowest BCUT2D eigenvalue weighted by molar-refractivity contribution is -0.162. The fraction of sp³-hybridized carbons (Fsp3) is 0.500. The number of rotatable bonds is 15. The number of nitrogens with zero attached hydrogens (tertiary/aromatic N) is 2. The molecule has 3 aliphatic rings. The highest BCUT2D eigenvalue weighted by Crippen LogP contribution is 2.59. The molecule has 3 amide bonds. The summed E-state index contributed by atoms with van der Waals surface area (Å²) in [5, 5.41) is 13.6. The van der Waals surface area contributed by atoms with Crippen LogP contribution in [0.3, 0.4) is 0 Å². The molecule has 2 bridgehead atoms. The van der Waals surface area contributed by atoms with Gasteiger partial charge in [-0.2, -0.15) is 0 Å². The van der Waals surface area contributed by atoms with Crippen LogP contribution >= 0.6 is 0 Å². The van der Waals surface area contributed by atoms with E-state index in [0.717, 1.165) is 11.1 Å². The van der Waals surface area contributed by atoms with Gasteiger partial charge in [0, 0.05) is 18.7 Å². The summed E-state index contributed by atoms with van der Waals surface area (Å²) in [5.74, 6) is -3.73. The number of likely N-dealkylation sites (tertiary alicyclic amines) is 1. The van der Waals surface area contributed by atoms with E-state index in [-0.39, 0.29) is 37.3 Å². The number of hydrogen-bond acceptors (Lipinski definition) is 7. The van der Waals surface area contributed by atoms with Crippen molar-refractivity contribution in [3.63, 3.8) is 0 Å². The third-order valence-electron chi connectivity index (χ3n) is 10.6. The molecule has 50 heavy (non-hydrogen) atoms. The monoisotopic (exact) mass is 685 g/mol.